The Kier molecular flexibility index (Phi) is 6.12. The molecular weight excluding hydrogens is 346 g/mol. The summed E-state index contributed by atoms with van der Waals surface area (Å²) in [7, 11) is 0. The lowest BCUT2D eigenvalue weighted by atomic mass is 10.3. The topological polar surface area (TPSA) is 157 Å². The third-order valence-corrected chi connectivity index (χ3v) is 3.41. The van der Waals surface area contributed by atoms with Crippen molar-refractivity contribution in [3.63, 3.8) is 0 Å². The molecule has 1 aromatic carbocycles. The van der Waals surface area contributed by atoms with Crippen molar-refractivity contribution >= 4 is 40.1 Å². The van der Waals surface area contributed by atoms with Crippen LogP contribution in [0.2, 0.25) is 0 Å². The third-order valence-electron chi connectivity index (χ3n) is 2.67. The van der Waals surface area contributed by atoms with E-state index in [4.69, 9.17) is 16.2 Å². The number of nitrogens with zero attached hydrogens (tertiary/aromatic N) is 2. The predicted molar refractivity (Wildman–Crippen MR) is 94.8 cm³/mol. The maximum Gasteiger partial charge on any atom is 0.338 e. The fourth-order valence-corrected chi connectivity index (χ4v) is 2.40. The average molecular weight is 363 g/mol. The molecule has 0 saturated heterocycles. The molecule has 2 aromatic rings. The van der Waals surface area contributed by atoms with Crippen LogP contribution in [0.3, 0.4) is 0 Å². The number of nitrogens with two attached hydrogens (primary N) is 2. The van der Waals surface area contributed by atoms with E-state index in [1.165, 1.54) is 5.38 Å². The minimum atomic E-state index is -0.639. The lowest BCUT2D eigenvalue weighted by Gasteiger charge is -2.12. The van der Waals surface area contributed by atoms with Crippen LogP contribution in [-0.2, 0) is 0 Å². The molecule has 132 valence electrons. The van der Waals surface area contributed by atoms with Crippen LogP contribution in [0.15, 0.2) is 34.6 Å². The average Bonchev–Trinajstić information content (AvgIpc) is 3.02. The standard InChI is InChI=1S/C14H17N7O3S/c1-2-24-10-6-4-3-5-8(10)17-13(23)21-20-11(22)9-7-25-14(18-9)19-12(15)16/h3-7H,2H2,1H3,(H,20,22)(H2,17,21,23)(H4,15,16,18,19). The number of benzene rings is 1. The van der Waals surface area contributed by atoms with E-state index in [2.05, 4.69) is 26.1 Å². The summed E-state index contributed by atoms with van der Waals surface area (Å²) in [5.41, 5.74) is 15.5. The van der Waals surface area contributed by atoms with E-state index >= 15 is 0 Å². The second-order valence-electron chi connectivity index (χ2n) is 4.51. The number of rotatable bonds is 5. The number of hydrogen-bond acceptors (Lipinski definition) is 6. The normalized spacial score (nSPS) is 9.80. The van der Waals surface area contributed by atoms with Crippen molar-refractivity contribution in [3.8, 4) is 5.75 Å². The van der Waals surface area contributed by atoms with Crippen molar-refractivity contribution in [2.24, 2.45) is 16.5 Å². The summed E-state index contributed by atoms with van der Waals surface area (Å²) in [6.07, 6.45) is 0. The molecule has 0 radical (unpaired) electrons. The van der Waals surface area contributed by atoms with Gasteiger partial charge in [0.1, 0.15) is 11.4 Å². The van der Waals surface area contributed by atoms with Gasteiger partial charge in [0.15, 0.2) is 5.96 Å². The molecular formula is C14H17N7O3S. The Morgan fingerprint density at radius 2 is 2.04 bits per heavy atom. The van der Waals surface area contributed by atoms with Crippen molar-refractivity contribution in [1.29, 1.82) is 0 Å². The Balaban J connectivity index is 1.90. The van der Waals surface area contributed by atoms with Crippen LogP contribution < -0.4 is 32.4 Å². The van der Waals surface area contributed by atoms with Gasteiger partial charge in [0.2, 0.25) is 5.13 Å². The smallest absolute Gasteiger partial charge is 0.338 e. The number of urea groups is 1. The molecule has 2 rings (SSSR count). The first-order chi connectivity index (χ1) is 12.0. The SMILES string of the molecule is CCOc1ccccc1NC(=O)NNC(=O)c1csc(N=C(N)N)n1. The predicted octanol–water partition coefficient (Wildman–Crippen LogP) is 0.913. The van der Waals surface area contributed by atoms with Gasteiger partial charge in [0, 0.05) is 5.38 Å². The molecule has 1 aromatic heterocycles. The highest BCUT2D eigenvalue weighted by atomic mass is 32.1. The second-order valence-corrected chi connectivity index (χ2v) is 5.35. The van der Waals surface area contributed by atoms with Crippen LogP contribution in [0, 0.1) is 0 Å². The van der Waals surface area contributed by atoms with Crippen LogP contribution in [-0.4, -0.2) is 29.5 Å². The van der Waals surface area contributed by atoms with Crippen LogP contribution >= 0.6 is 11.3 Å². The largest absolute Gasteiger partial charge is 0.492 e. The molecule has 0 bridgehead atoms. The first kappa shape index (κ1) is 18.0. The maximum absolute atomic E-state index is 11.9. The van der Waals surface area contributed by atoms with E-state index in [9.17, 15) is 9.59 Å². The number of aliphatic imine (C=N–C) groups is 1. The number of hydrazine groups is 1. The Hall–Kier alpha value is -3.34. The lowest BCUT2D eigenvalue weighted by Crippen LogP contribution is -2.44. The number of aromatic nitrogens is 1. The van der Waals surface area contributed by atoms with E-state index in [1.54, 1.807) is 24.3 Å². The number of para-hydroxylation sites is 2. The van der Waals surface area contributed by atoms with Crippen molar-refractivity contribution < 1.29 is 14.3 Å². The summed E-state index contributed by atoms with van der Waals surface area (Å²) in [5, 5.41) is 4.27. The molecule has 1 heterocycles. The number of hydrogen-bond donors (Lipinski definition) is 5. The monoisotopic (exact) mass is 363 g/mol. The second kappa shape index (κ2) is 8.49. The minimum Gasteiger partial charge on any atom is -0.492 e. The first-order valence-corrected chi connectivity index (χ1v) is 8.02. The number of ether oxygens (including phenoxy) is 1. The van der Waals surface area contributed by atoms with Crippen LogP contribution in [0.25, 0.3) is 0 Å². The van der Waals surface area contributed by atoms with Gasteiger partial charge in [-0.1, -0.05) is 12.1 Å². The molecule has 11 heteroatoms. The summed E-state index contributed by atoms with van der Waals surface area (Å²) in [6, 6.07) is 6.29. The summed E-state index contributed by atoms with van der Waals surface area (Å²) in [4.78, 5) is 31.5. The van der Waals surface area contributed by atoms with E-state index < -0.39 is 11.9 Å². The Bertz CT molecular complexity index is 786. The van der Waals surface area contributed by atoms with Crippen LogP contribution in [0.4, 0.5) is 15.6 Å². The molecule has 10 nitrogen and oxygen atoms in total. The number of thiazole rings is 1. The lowest BCUT2D eigenvalue weighted by molar-refractivity contribution is 0.0933. The summed E-state index contributed by atoms with van der Waals surface area (Å²) < 4.78 is 5.40. The molecule has 0 aliphatic carbocycles. The number of amides is 3. The molecule has 3 amide bonds. The summed E-state index contributed by atoms with van der Waals surface area (Å²) >= 11 is 1.09. The third kappa shape index (κ3) is 5.35. The van der Waals surface area contributed by atoms with E-state index in [0.717, 1.165) is 11.3 Å². The number of nitrogens with one attached hydrogen (secondary N) is 3. The molecule has 0 aliphatic rings. The maximum atomic E-state index is 11.9. The van der Waals surface area contributed by atoms with Crippen molar-refractivity contribution in [2.45, 2.75) is 6.92 Å². The van der Waals surface area contributed by atoms with Crippen molar-refractivity contribution in [3.05, 3.63) is 35.3 Å². The van der Waals surface area contributed by atoms with Gasteiger partial charge >= 0.3 is 6.03 Å². The van der Waals surface area contributed by atoms with Gasteiger partial charge in [-0.05, 0) is 19.1 Å². The van der Waals surface area contributed by atoms with Gasteiger partial charge in [0.05, 0.1) is 12.3 Å². The fourth-order valence-electron chi connectivity index (χ4n) is 1.71. The Morgan fingerprint density at radius 1 is 1.28 bits per heavy atom. The van der Waals surface area contributed by atoms with Gasteiger partial charge in [-0.15, -0.1) is 11.3 Å². The summed E-state index contributed by atoms with van der Waals surface area (Å²) in [5.74, 6) is -0.249. The van der Waals surface area contributed by atoms with Gasteiger partial charge < -0.3 is 21.5 Å². The molecule has 0 spiro atoms. The number of guanidine groups is 1. The first-order valence-electron chi connectivity index (χ1n) is 7.14. The molecule has 7 N–H and O–H groups in total. The highest BCUT2D eigenvalue weighted by Crippen LogP contribution is 2.23. The van der Waals surface area contributed by atoms with Crippen molar-refractivity contribution in [1.82, 2.24) is 15.8 Å². The Morgan fingerprint density at radius 3 is 2.76 bits per heavy atom. The molecule has 0 saturated carbocycles. The van der Waals surface area contributed by atoms with E-state index in [1.807, 2.05) is 6.92 Å². The zero-order valence-electron chi connectivity index (χ0n) is 13.3. The van der Waals surface area contributed by atoms with E-state index in [-0.39, 0.29) is 16.8 Å². The van der Waals surface area contributed by atoms with Crippen LogP contribution in [0.5, 0.6) is 5.75 Å². The molecule has 0 fully saturated rings. The zero-order valence-corrected chi connectivity index (χ0v) is 14.1. The van der Waals surface area contributed by atoms with Gasteiger partial charge in [-0.25, -0.2) is 15.2 Å². The van der Waals surface area contributed by atoms with Crippen molar-refractivity contribution in [2.75, 3.05) is 11.9 Å². The minimum absolute atomic E-state index is 0.0695. The van der Waals surface area contributed by atoms with Gasteiger partial charge in [-0.3, -0.25) is 10.2 Å². The summed E-state index contributed by atoms with van der Waals surface area (Å²) in [6.45, 7) is 2.29. The fraction of sp³-hybridized carbons (Fsp3) is 0.143. The number of anilines is 1. The highest BCUT2D eigenvalue weighted by molar-refractivity contribution is 7.13. The molecule has 0 atom stereocenters. The van der Waals surface area contributed by atoms with E-state index in [0.29, 0.717) is 18.0 Å². The zero-order chi connectivity index (χ0) is 18.2. The highest BCUT2D eigenvalue weighted by Gasteiger charge is 2.12. The Labute approximate surface area is 147 Å². The van der Waals surface area contributed by atoms with Gasteiger partial charge in [0.25, 0.3) is 5.91 Å². The number of carbonyl (C=O) groups is 2. The molecule has 25 heavy (non-hydrogen) atoms. The van der Waals surface area contributed by atoms with Gasteiger partial charge in [-0.2, -0.15) is 4.99 Å². The quantitative estimate of drug-likeness (QED) is 0.302. The van der Waals surface area contributed by atoms with Crippen LogP contribution in [0.1, 0.15) is 17.4 Å². The number of carbonyl (C=O) groups excluding carboxylic acids is 2. The molecule has 0 unspecified atom stereocenters. The molecule has 0 aliphatic heterocycles.